The van der Waals surface area contributed by atoms with Gasteiger partial charge in [0.05, 0.1) is 6.10 Å². The highest BCUT2D eigenvalue weighted by atomic mass is 35.5. The molecule has 2 aromatic rings. The van der Waals surface area contributed by atoms with Gasteiger partial charge in [-0.2, -0.15) is 0 Å². The minimum atomic E-state index is -0.664. The minimum absolute atomic E-state index is 0.0912. The van der Waals surface area contributed by atoms with Gasteiger partial charge >= 0.3 is 0 Å². The number of hydrogen-bond donors (Lipinski definition) is 2. The van der Waals surface area contributed by atoms with Gasteiger partial charge in [0.2, 0.25) is 0 Å². The Morgan fingerprint density at radius 3 is 2.48 bits per heavy atom. The molecular formula is C21H23ClFNO. The van der Waals surface area contributed by atoms with Gasteiger partial charge in [0.25, 0.3) is 0 Å². The number of benzene rings is 2. The lowest BCUT2D eigenvalue weighted by atomic mass is 9.76. The van der Waals surface area contributed by atoms with Crippen LogP contribution in [0.2, 0.25) is 5.02 Å². The van der Waals surface area contributed by atoms with Gasteiger partial charge in [0.1, 0.15) is 5.82 Å². The predicted molar refractivity (Wildman–Crippen MR) is 98.2 cm³/mol. The highest BCUT2D eigenvalue weighted by molar-refractivity contribution is 6.30. The summed E-state index contributed by atoms with van der Waals surface area (Å²) < 4.78 is 13.5. The van der Waals surface area contributed by atoms with Gasteiger partial charge < -0.3 is 10.4 Å². The molecule has 4 heteroatoms. The summed E-state index contributed by atoms with van der Waals surface area (Å²) in [6.07, 6.45) is 5.38. The molecule has 2 aliphatic rings. The van der Waals surface area contributed by atoms with Crippen LogP contribution in [0.1, 0.15) is 49.3 Å². The van der Waals surface area contributed by atoms with Gasteiger partial charge in [-0.25, -0.2) is 4.39 Å². The Bertz CT molecular complexity index is 753. The third-order valence-electron chi connectivity index (χ3n) is 6.11. The molecule has 2 aliphatic heterocycles. The molecule has 0 radical (unpaired) electrons. The molecule has 0 aliphatic carbocycles. The number of hydrogen-bond acceptors (Lipinski definition) is 2. The molecule has 0 unspecified atom stereocenters. The van der Waals surface area contributed by atoms with Gasteiger partial charge in [0.15, 0.2) is 0 Å². The van der Waals surface area contributed by atoms with Crippen molar-refractivity contribution in [1.29, 1.82) is 0 Å². The van der Waals surface area contributed by atoms with Crippen molar-refractivity contribution in [2.45, 2.75) is 55.7 Å². The maximum Gasteiger partial charge on any atom is 0.123 e. The van der Waals surface area contributed by atoms with Gasteiger partial charge in [-0.1, -0.05) is 35.9 Å². The summed E-state index contributed by atoms with van der Waals surface area (Å²) >= 11 is 5.96. The van der Waals surface area contributed by atoms with E-state index in [9.17, 15) is 9.50 Å². The molecule has 0 aromatic heterocycles. The van der Waals surface area contributed by atoms with Gasteiger partial charge in [-0.3, -0.25) is 0 Å². The van der Waals surface area contributed by atoms with Crippen LogP contribution in [0.15, 0.2) is 48.5 Å². The van der Waals surface area contributed by atoms with Crippen molar-refractivity contribution >= 4 is 11.6 Å². The van der Waals surface area contributed by atoms with E-state index in [-0.39, 0.29) is 16.9 Å². The van der Waals surface area contributed by atoms with Crippen LogP contribution in [-0.2, 0) is 6.42 Å². The van der Waals surface area contributed by atoms with E-state index in [1.54, 1.807) is 6.07 Å². The summed E-state index contributed by atoms with van der Waals surface area (Å²) in [5.41, 5.74) is 1.74. The molecule has 2 aromatic carbocycles. The van der Waals surface area contributed by atoms with Gasteiger partial charge in [-0.05, 0) is 73.9 Å². The molecule has 0 amide bonds. The largest absolute Gasteiger partial charge is 0.386 e. The third kappa shape index (κ3) is 3.21. The first-order valence-corrected chi connectivity index (χ1v) is 9.36. The lowest BCUT2D eigenvalue weighted by Gasteiger charge is -2.32. The Morgan fingerprint density at radius 2 is 1.80 bits per heavy atom. The van der Waals surface area contributed by atoms with Crippen LogP contribution in [0, 0.1) is 5.82 Å². The number of fused-ring (bicyclic) bond motifs is 2. The first-order valence-electron chi connectivity index (χ1n) is 8.98. The first kappa shape index (κ1) is 17.0. The van der Waals surface area contributed by atoms with Crippen molar-refractivity contribution in [2.24, 2.45) is 0 Å². The van der Waals surface area contributed by atoms with Crippen molar-refractivity contribution in [1.82, 2.24) is 5.32 Å². The Labute approximate surface area is 153 Å². The Balaban J connectivity index is 1.46. The van der Waals surface area contributed by atoms with Crippen LogP contribution in [0.3, 0.4) is 0 Å². The topological polar surface area (TPSA) is 32.3 Å². The maximum absolute atomic E-state index is 13.5. The second-order valence-electron chi connectivity index (χ2n) is 7.65. The van der Waals surface area contributed by atoms with Crippen molar-refractivity contribution in [3.63, 3.8) is 0 Å². The minimum Gasteiger partial charge on any atom is -0.386 e. The number of aliphatic hydroxyl groups excluding tert-OH is 1. The Hall–Kier alpha value is -1.42. The molecular weight excluding hydrogens is 337 g/mol. The van der Waals surface area contributed by atoms with E-state index in [1.165, 1.54) is 17.7 Å². The highest BCUT2D eigenvalue weighted by Gasteiger charge is 2.56. The van der Waals surface area contributed by atoms with Crippen molar-refractivity contribution in [3.8, 4) is 0 Å². The fourth-order valence-electron chi connectivity index (χ4n) is 4.64. The molecule has 2 nitrogen and oxygen atoms in total. The molecule has 2 heterocycles. The molecule has 2 saturated heterocycles. The number of aliphatic hydroxyl groups is 1. The van der Waals surface area contributed by atoms with Crippen molar-refractivity contribution in [2.75, 3.05) is 0 Å². The Morgan fingerprint density at radius 1 is 1.08 bits per heavy atom. The predicted octanol–water partition coefficient (Wildman–Crippen LogP) is 4.80. The quantitative estimate of drug-likeness (QED) is 0.803. The molecule has 4 rings (SSSR count). The second-order valence-corrected chi connectivity index (χ2v) is 8.08. The van der Waals surface area contributed by atoms with Crippen LogP contribution in [0.25, 0.3) is 0 Å². The standard InChI is InChI=1S/C21H23ClFNO/c22-17-6-4-15(5-7-17)8-9-20-10-12-21(24-20,13-11-20)19(25)16-2-1-3-18(23)14-16/h1-7,14,19,24-25H,8-13H2/t19-,20?,21?/m0/s1. The average Bonchev–Trinajstić information content (AvgIpc) is 3.18. The van der Waals surface area contributed by atoms with E-state index < -0.39 is 6.10 Å². The van der Waals surface area contributed by atoms with Crippen LogP contribution < -0.4 is 5.32 Å². The molecule has 2 N–H and O–H groups in total. The first-order chi connectivity index (χ1) is 12.0. The molecule has 0 spiro atoms. The number of nitrogens with one attached hydrogen (secondary N) is 1. The SMILES string of the molecule is O[C@@H](c1cccc(F)c1)C12CCC(CCc3ccc(Cl)cc3)(CC1)N2. The zero-order chi connectivity index (χ0) is 17.5. The van der Waals surface area contributed by atoms with E-state index in [1.807, 2.05) is 18.2 Å². The molecule has 2 fully saturated rings. The van der Waals surface area contributed by atoms with Gasteiger partial charge in [-0.15, -0.1) is 0 Å². The summed E-state index contributed by atoms with van der Waals surface area (Å²) in [4.78, 5) is 0. The zero-order valence-electron chi connectivity index (χ0n) is 14.1. The zero-order valence-corrected chi connectivity index (χ0v) is 14.9. The van der Waals surface area contributed by atoms with Crippen LogP contribution in [0.5, 0.6) is 0 Å². The number of aryl methyl sites for hydroxylation is 1. The maximum atomic E-state index is 13.5. The van der Waals surface area contributed by atoms with E-state index in [4.69, 9.17) is 11.6 Å². The molecule has 0 saturated carbocycles. The van der Waals surface area contributed by atoms with Crippen molar-refractivity contribution < 1.29 is 9.50 Å². The molecule has 25 heavy (non-hydrogen) atoms. The lowest BCUT2D eigenvalue weighted by Crippen LogP contribution is -2.46. The van der Waals surface area contributed by atoms with E-state index in [0.29, 0.717) is 5.56 Å². The summed E-state index contributed by atoms with van der Waals surface area (Å²) in [5, 5.41) is 15.4. The fourth-order valence-corrected chi connectivity index (χ4v) is 4.76. The van der Waals surface area contributed by atoms with E-state index in [2.05, 4.69) is 17.4 Å². The molecule has 1 atom stereocenters. The number of rotatable bonds is 5. The molecule has 2 bridgehead atoms. The monoisotopic (exact) mass is 359 g/mol. The summed E-state index contributed by atoms with van der Waals surface area (Å²) in [7, 11) is 0. The lowest BCUT2D eigenvalue weighted by molar-refractivity contribution is 0.0733. The van der Waals surface area contributed by atoms with Crippen LogP contribution >= 0.6 is 11.6 Å². The van der Waals surface area contributed by atoms with Crippen LogP contribution in [0.4, 0.5) is 4.39 Å². The average molecular weight is 360 g/mol. The number of halogens is 2. The van der Waals surface area contributed by atoms with E-state index in [0.717, 1.165) is 43.5 Å². The fraction of sp³-hybridized carbons (Fsp3) is 0.429. The summed E-state index contributed by atoms with van der Waals surface area (Å²) in [6, 6.07) is 14.4. The van der Waals surface area contributed by atoms with E-state index >= 15 is 0 Å². The summed E-state index contributed by atoms with van der Waals surface area (Å²) in [5.74, 6) is -0.294. The highest BCUT2D eigenvalue weighted by Crippen LogP contribution is 2.52. The normalized spacial score (nSPS) is 29.1. The van der Waals surface area contributed by atoms with Crippen molar-refractivity contribution in [3.05, 3.63) is 70.5 Å². The Kier molecular flexibility index (Phi) is 4.35. The second kappa shape index (κ2) is 6.39. The summed E-state index contributed by atoms with van der Waals surface area (Å²) in [6.45, 7) is 0. The van der Waals surface area contributed by atoms with Crippen LogP contribution in [-0.4, -0.2) is 16.2 Å². The third-order valence-corrected chi connectivity index (χ3v) is 6.36. The van der Waals surface area contributed by atoms with Gasteiger partial charge in [0, 0.05) is 16.1 Å². The molecule has 132 valence electrons. The smallest absolute Gasteiger partial charge is 0.123 e.